The number of nitrogens with zero attached hydrogens (tertiary/aromatic N) is 3. The molecule has 1 aliphatic heterocycles. The lowest BCUT2D eigenvalue weighted by Gasteiger charge is -2.21. The van der Waals surface area contributed by atoms with Gasteiger partial charge in [-0.15, -0.1) is 0 Å². The molecule has 1 saturated heterocycles. The van der Waals surface area contributed by atoms with Gasteiger partial charge in [-0.25, -0.2) is 9.97 Å². The summed E-state index contributed by atoms with van der Waals surface area (Å²) in [5, 5.41) is 3.86. The standard InChI is InChI=1S/C26H28N4O2/c1-17(2)18-11-13-19(14-12-18)27-26(31)24-28-22-20-9-5-6-10-21(20)32-23(22)25(29-24)30-15-7-3-4-8-16-30/h5-6,9-14,17H,3-4,7-8,15-16H2,1-2H3,(H,27,31). The van der Waals surface area contributed by atoms with Crippen LogP contribution in [-0.2, 0) is 0 Å². The first-order valence-electron chi connectivity index (χ1n) is 11.5. The van der Waals surface area contributed by atoms with Gasteiger partial charge in [0.05, 0.1) is 0 Å². The lowest BCUT2D eigenvalue weighted by molar-refractivity contribution is 0.101. The van der Waals surface area contributed by atoms with Gasteiger partial charge in [0.1, 0.15) is 11.1 Å². The van der Waals surface area contributed by atoms with Crippen LogP contribution in [0, 0.1) is 0 Å². The second kappa shape index (κ2) is 8.61. The molecule has 0 bridgehead atoms. The third-order valence-electron chi connectivity index (χ3n) is 6.15. The Morgan fingerprint density at radius 3 is 2.41 bits per heavy atom. The predicted molar refractivity (Wildman–Crippen MR) is 128 cm³/mol. The van der Waals surface area contributed by atoms with Crippen molar-refractivity contribution < 1.29 is 9.21 Å². The van der Waals surface area contributed by atoms with E-state index in [4.69, 9.17) is 9.40 Å². The first-order valence-corrected chi connectivity index (χ1v) is 11.5. The van der Waals surface area contributed by atoms with Gasteiger partial charge in [0, 0.05) is 24.2 Å². The summed E-state index contributed by atoms with van der Waals surface area (Å²) in [5.41, 5.74) is 4.07. The van der Waals surface area contributed by atoms with Crippen molar-refractivity contribution in [2.75, 3.05) is 23.3 Å². The number of anilines is 2. The van der Waals surface area contributed by atoms with Crippen molar-refractivity contribution in [3.05, 3.63) is 59.9 Å². The van der Waals surface area contributed by atoms with Gasteiger partial charge in [-0.2, -0.15) is 0 Å². The number of rotatable bonds is 4. The van der Waals surface area contributed by atoms with Crippen molar-refractivity contribution in [1.29, 1.82) is 0 Å². The molecule has 1 fully saturated rings. The van der Waals surface area contributed by atoms with E-state index < -0.39 is 0 Å². The fourth-order valence-corrected chi connectivity index (χ4v) is 4.31. The molecule has 1 N–H and O–H groups in total. The highest BCUT2D eigenvalue weighted by molar-refractivity contribution is 6.09. The van der Waals surface area contributed by atoms with E-state index in [0.717, 1.165) is 42.6 Å². The van der Waals surface area contributed by atoms with Crippen molar-refractivity contribution in [2.45, 2.75) is 45.4 Å². The van der Waals surface area contributed by atoms with Gasteiger partial charge in [-0.05, 0) is 48.6 Å². The first kappa shape index (κ1) is 20.5. The SMILES string of the molecule is CC(C)c1ccc(NC(=O)c2nc(N3CCCCCC3)c3oc4ccccc4c3n2)cc1. The van der Waals surface area contributed by atoms with Crippen LogP contribution in [0.1, 0.15) is 61.6 Å². The van der Waals surface area contributed by atoms with Crippen molar-refractivity contribution >= 4 is 39.5 Å². The number of hydrogen-bond acceptors (Lipinski definition) is 5. The highest BCUT2D eigenvalue weighted by atomic mass is 16.3. The quantitative estimate of drug-likeness (QED) is 0.423. The highest BCUT2D eigenvalue weighted by Crippen LogP contribution is 2.34. The van der Waals surface area contributed by atoms with Crippen LogP contribution in [0.3, 0.4) is 0 Å². The van der Waals surface area contributed by atoms with Crippen molar-refractivity contribution in [3.8, 4) is 0 Å². The van der Waals surface area contributed by atoms with E-state index in [-0.39, 0.29) is 11.7 Å². The molecule has 4 aromatic rings. The zero-order chi connectivity index (χ0) is 22.1. The molecule has 0 atom stereocenters. The minimum absolute atomic E-state index is 0.163. The van der Waals surface area contributed by atoms with Gasteiger partial charge in [-0.3, -0.25) is 4.79 Å². The van der Waals surface area contributed by atoms with E-state index in [1.165, 1.54) is 18.4 Å². The van der Waals surface area contributed by atoms with Crippen molar-refractivity contribution in [2.24, 2.45) is 0 Å². The number of carbonyl (C=O) groups excluding carboxylic acids is 1. The molecule has 32 heavy (non-hydrogen) atoms. The molecule has 0 saturated carbocycles. The van der Waals surface area contributed by atoms with E-state index in [2.05, 4.69) is 29.0 Å². The molecule has 3 heterocycles. The number of fused-ring (bicyclic) bond motifs is 3. The second-order valence-electron chi connectivity index (χ2n) is 8.78. The van der Waals surface area contributed by atoms with E-state index in [1.807, 2.05) is 48.5 Å². The van der Waals surface area contributed by atoms with Crippen LogP contribution in [0.4, 0.5) is 11.5 Å². The van der Waals surface area contributed by atoms with Gasteiger partial charge in [-0.1, -0.05) is 51.0 Å². The van der Waals surface area contributed by atoms with Crippen LogP contribution in [-0.4, -0.2) is 29.0 Å². The van der Waals surface area contributed by atoms with Crippen LogP contribution >= 0.6 is 0 Å². The number of aromatic nitrogens is 2. The molecule has 1 aliphatic rings. The van der Waals surface area contributed by atoms with Crippen molar-refractivity contribution in [1.82, 2.24) is 9.97 Å². The third kappa shape index (κ3) is 3.93. The molecule has 2 aromatic heterocycles. The maximum atomic E-state index is 13.2. The van der Waals surface area contributed by atoms with Crippen LogP contribution < -0.4 is 10.2 Å². The molecule has 164 valence electrons. The molecule has 0 spiro atoms. The van der Waals surface area contributed by atoms with Crippen molar-refractivity contribution in [3.63, 3.8) is 0 Å². The molecular formula is C26H28N4O2. The topological polar surface area (TPSA) is 71.3 Å². The summed E-state index contributed by atoms with van der Waals surface area (Å²) in [6.07, 6.45) is 4.64. The first-order chi connectivity index (χ1) is 15.6. The third-order valence-corrected chi connectivity index (χ3v) is 6.15. The summed E-state index contributed by atoms with van der Waals surface area (Å²) < 4.78 is 6.17. The highest BCUT2D eigenvalue weighted by Gasteiger charge is 2.23. The second-order valence-corrected chi connectivity index (χ2v) is 8.78. The molecular weight excluding hydrogens is 400 g/mol. The summed E-state index contributed by atoms with van der Waals surface area (Å²) in [6, 6.07) is 15.7. The number of hydrogen-bond donors (Lipinski definition) is 1. The van der Waals surface area contributed by atoms with E-state index in [1.54, 1.807) is 0 Å². The minimum Gasteiger partial charge on any atom is -0.450 e. The molecule has 0 unspecified atom stereocenters. The van der Waals surface area contributed by atoms with E-state index in [0.29, 0.717) is 22.8 Å². The zero-order valence-corrected chi connectivity index (χ0v) is 18.6. The summed E-state index contributed by atoms with van der Waals surface area (Å²) in [7, 11) is 0. The Hall–Kier alpha value is -3.41. The Balaban J connectivity index is 1.56. The largest absolute Gasteiger partial charge is 0.450 e. The predicted octanol–water partition coefficient (Wildman–Crippen LogP) is 6.13. The van der Waals surface area contributed by atoms with Gasteiger partial charge >= 0.3 is 0 Å². The molecule has 2 aromatic carbocycles. The molecule has 0 aliphatic carbocycles. The van der Waals surface area contributed by atoms with Gasteiger partial charge in [0.2, 0.25) is 5.82 Å². The number of amides is 1. The van der Waals surface area contributed by atoms with Gasteiger partial charge < -0.3 is 14.6 Å². The van der Waals surface area contributed by atoms with Crippen LogP contribution in [0.5, 0.6) is 0 Å². The Morgan fingerprint density at radius 1 is 0.969 bits per heavy atom. The molecule has 5 rings (SSSR count). The number of furan rings is 1. The lowest BCUT2D eigenvalue weighted by atomic mass is 10.0. The summed E-state index contributed by atoms with van der Waals surface area (Å²) in [4.78, 5) is 24.7. The lowest BCUT2D eigenvalue weighted by Crippen LogP contribution is -2.26. The van der Waals surface area contributed by atoms with E-state index >= 15 is 0 Å². The van der Waals surface area contributed by atoms with Gasteiger partial charge in [0.25, 0.3) is 5.91 Å². The Morgan fingerprint density at radius 2 is 1.69 bits per heavy atom. The van der Waals surface area contributed by atoms with Gasteiger partial charge in [0.15, 0.2) is 11.4 Å². The summed E-state index contributed by atoms with van der Waals surface area (Å²) in [5.74, 6) is 1.01. The Kier molecular flexibility index (Phi) is 5.52. The maximum Gasteiger partial charge on any atom is 0.293 e. The fraction of sp³-hybridized carbons (Fsp3) is 0.346. The maximum absolute atomic E-state index is 13.2. The summed E-state index contributed by atoms with van der Waals surface area (Å²) >= 11 is 0. The number of carbonyl (C=O) groups is 1. The number of para-hydroxylation sites is 1. The monoisotopic (exact) mass is 428 g/mol. The molecule has 0 radical (unpaired) electrons. The van der Waals surface area contributed by atoms with Crippen LogP contribution in [0.2, 0.25) is 0 Å². The number of nitrogens with one attached hydrogen (secondary N) is 1. The minimum atomic E-state index is -0.314. The van der Waals surface area contributed by atoms with E-state index in [9.17, 15) is 4.79 Å². The molecule has 6 heteroatoms. The normalized spacial score (nSPS) is 14.8. The fourth-order valence-electron chi connectivity index (χ4n) is 4.31. The molecule has 6 nitrogen and oxygen atoms in total. The smallest absolute Gasteiger partial charge is 0.293 e. The summed E-state index contributed by atoms with van der Waals surface area (Å²) in [6.45, 7) is 6.11. The zero-order valence-electron chi connectivity index (χ0n) is 18.6. The number of benzene rings is 2. The van der Waals surface area contributed by atoms with Crippen LogP contribution in [0.25, 0.3) is 22.1 Å². The molecule has 1 amide bonds. The average Bonchev–Trinajstić information content (AvgIpc) is 2.97. The van der Waals surface area contributed by atoms with Crippen LogP contribution in [0.15, 0.2) is 52.9 Å². The Labute approximate surface area is 187 Å². The Bertz CT molecular complexity index is 1250. The average molecular weight is 429 g/mol.